The Morgan fingerprint density at radius 1 is 1.24 bits per heavy atom. The zero-order valence-electron chi connectivity index (χ0n) is 14.6. The van der Waals surface area contributed by atoms with Crippen molar-refractivity contribution in [2.24, 2.45) is 0 Å². The summed E-state index contributed by atoms with van der Waals surface area (Å²) in [6, 6.07) is 10.3. The van der Waals surface area contributed by atoms with Crippen molar-refractivity contribution >= 4 is 11.8 Å². The highest BCUT2D eigenvalue weighted by atomic mass is 16.2. The van der Waals surface area contributed by atoms with Gasteiger partial charge in [0.05, 0.1) is 12.6 Å². The van der Waals surface area contributed by atoms with Crippen LogP contribution in [-0.4, -0.2) is 44.6 Å². The SMILES string of the molecule is CC(=O)NCCC(=O)N1Cc2nnc(Cc3ccccc3)n2[C@@H](C)C1. The van der Waals surface area contributed by atoms with Gasteiger partial charge in [-0.1, -0.05) is 30.3 Å². The maximum Gasteiger partial charge on any atom is 0.224 e. The normalized spacial score (nSPS) is 16.4. The molecule has 1 aromatic heterocycles. The number of amides is 2. The van der Waals surface area contributed by atoms with E-state index in [9.17, 15) is 9.59 Å². The van der Waals surface area contributed by atoms with Gasteiger partial charge in [-0.25, -0.2) is 0 Å². The highest BCUT2D eigenvalue weighted by Gasteiger charge is 2.28. The lowest BCUT2D eigenvalue weighted by Gasteiger charge is -2.32. The maximum atomic E-state index is 12.3. The van der Waals surface area contributed by atoms with Crippen molar-refractivity contribution in [2.75, 3.05) is 13.1 Å². The molecule has 132 valence electrons. The molecule has 1 aromatic carbocycles. The van der Waals surface area contributed by atoms with Gasteiger partial charge in [-0.05, 0) is 12.5 Å². The van der Waals surface area contributed by atoms with E-state index in [0.29, 0.717) is 26.1 Å². The van der Waals surface area contributed by atoms with E-state index in [0.717, 1.165) is 18.1 Å². The largest absolute Gasteiger partial charge is 0.356 e. The van der Waals surface area contributed by atoms with Gasteiger partial charge in [-0.15, -0.1) is 10.2 Å². The van der Waals surface area contributed by atoms with Gasteiger partial charge in [-0.2, -0.15) is 0 Å². The van der Waals surface area contributed by atoms with Crippen LogP contribution in [0.3, 0.4) is 0 Å². The van der Waals surface area contributed by atoms with Gasteiger partial charge < -0.3 is 14.8 Å². The summed E-state index contributed by atoms with van der Waals surface area (Å²) in [5.74, 6) is 1.65. The van der Waals surface area contributed by atoms with Crippen molar-refractivity contribution in [2.45, 2.75) is 39.3 Å². The zero-order chi connectivity index (χ0) is 17.8. The van der Waals surface area contributed by atoms with Crippen molar-refractivity contribution in [1.29, 1.82) is 0 Å². The van der Waals surface area contributed by atoms with Crippen LogP contribution in [0.2, 0.25) is 0 Å². The molecule has 0 unspecified atom stereocenters. The van der Waals surface area contributed by atoms with Crippen LogP contribution in [0.4, 0.5) is 0 Å². The first-order valence-electron chi connectivity index (χ1n) is 8.53. The van der Waals surface area contributed by atoms with E-state index in [-0.39, 0.29) is 17.9 Å². The van der Waals surface area contributed by atoms with Crippen molar-refractivity contribution in [1.82, 2.24) is 25.0 Å². The quantitative estimate of drug-likeness (QED) is 0.889. The Morgan fingerprint density at radius 2 is 2.00 bits per heavy atom. The summed E-state index contributed by atoms with van der Waals surface area (Å²) < 4.78 is 2.14. The molecule has 0 spiro atoms. The number of hydrogen-bond acceptors (Lipinski definition) is 4. The topological polar surface area (TPSA) is 80.1 Å². The van der Waals surface area contributed by atoms with Gasteiger partial charge >= 0.3 is 0 Å². The summed E-state index contributed by atoms with van der Waals surface area (Å²) in [6.07, 6.45) is 1.03. The maximum absolute atomic E-state index is 12.3. The third kappa shape index (κ3) is 4.04. The fourth-order valence-corrected chi connectivity index (χ4v) is 3.21. The molecule has 25 heavy (non-hydrogen) atoms. The first kappa shape index (κ1) is 17.1. The molecule has 7 nitrogen and oxygen atoms in total. The lowest BCUT2D eigenvalue weighted by Crippen LogP contribution is -2.41. The van der Waals surface area contributed by atoms with Crippen LogP contribution in [0.5, 0.6) is 0 Å². The van der Waals surface area contributed by atoms with E-state index >= 15 is 0 Å². The second-order valence-corrected chi connectivity index (χ2v) is 6.42. The predicted octanol–water partition coefficient (Wildman–Crippen LogP) is 1.30. The van der Waals surface area contributed by atoms with E-state index in [2.05, 4.69) is 39.1 Å². The standard InChI is InChI=1S/C18H23N5O2/c1-13-11-22(18(25)8-9-19-14(2)24)12-17-21-20-16(23(13)17)10-15-6-4-3-5-7-15/h3-7,13H,8-12H2,1-2H3,(H,19,24)/t13-/m0/s1. The number of carbonyl (C=O) groups excluding carboxylic acids is 2. The first-order valence-corrected chi connectivity index (χ1v) is 8.53. The summed E-state index contributed by atoms with van der Waals surface area (Å²) in [5.41, 5.74) is 1.19. The summed E-state index contributed by atoms with van der Waals surface area (Å²) in [6.45, 7) is 4.99. The Morgan fingerprint density at radius 3 is 2.72 bits per heavy atom. The molecule has 1 aliphatic rings. The highest BCUT2D eigenvalue weighted by molar-refractivity contribution is 5.78. The van der Waals surface area contributed by atoms with Crippen LogP contribution >= 0.6 is 0 Å². The summed E-state index contributed by atoms with van der Waals surface area (Å²) in [5, 5.41) is 11.3. The first-order chi connectivity index (χ1) is 12.0. The Hall–Kier alpha value is -2.70. The number of rotatable bonds is 5. The van der Waals surface area contributed by atoms with Crippen LogP contribution < -0.4 is 5.32 Å². The molecule has 1 N–H and O–H groups in total. The smallest absolute Gasteiger partial charge is 0.224 e. The highest BCUT2D eigenvalue weighted by Crippen LogP contribution is 2.23. The molecule has 2 amide bonds. The minimum absolute atomic E-state index is 0.0273. The number of nitrogens with one attached hydrogen (secondary N) is 1. The van der Waals surface area contributed by atoms with Crippen molar-refractivity contribution < 1.29 is 9.59 Å². The van der Waals surface area contributed by atoms with Gasteiger partial charge in [0.15, 0.2) is 5.82 Å². The van der Waals surface area contributed by atoms with Crippen LogP contribution in [-0.2, 0) is 22.6 Å². The Balaban J connectivity index is 1.68. The van der Waals surface area contributed by atoms with Crippen LogP contribution in [0.1, 0.15) is 43.5 Å². The molecule has 2 heterocycles. The Labute approximate surface area is 147 Å². The molecule has 0 saturated heterocycles. The lowest BCUT2D eigenvalue weighted by molar-refractivity contribution is -0.133. The van der Waals surface area contributed by atoms with E-state index in [1.165, 1.54) is 12.5 Å². The average molecular weight is 341 g/mol. The summed E-state index contributed by atoms with van der Waals surface area (Å²) in [4.78, 5) is 25.1. The molecule has 1 aliphatic heterocycles. The predicted molar refractivity (Wildman–Crippen MR) is 92.7 cm³/mol. The molecular formula is C18H23N5O2. The van der Waals surface area contributed by atoms with Crippen molar-refractivity contribution in [3.63, 3.8) is 0 Å². The molecule has 0 saturated carbocycles. The molecule has 0 radical (unpaired) electrons. The van der Waals surface area contributed by atoms with Crippen molar-refractivity contribution in [3.8, 4) is 0 Å². The van der Waals surface area contributed by atoms with E-state index < -0.39 is 0 Å². The number of carbonyl (C=O) groups is 2. The van der Waals surface area contributed by atoms with Gasteiger partial charge in [0.1, 0.15) is 5.82 Å². The van der Waals surface area contributed by atoms with E-state index in [1.54, 1.807) is 4.90 Å². The summed E-state index contributed by atoms with van der Waals surface area (Å²) >= 11 is 0. The molecule has 1 atom stereocenters. The number of hydrogen-bond donors (Lipinski definition) is 1. The number of benzene rings is 1. The Kier molecular flexibility index (Phi) is 5.11. The second-order valence-electron chi connectivity index (χ2n) is 6.42. The fraction of sp³-hybridized carbons (Fsp3) is 0.444. The third-order valence-corrected chi connectivity index (χ3v) is 4.37. The van der Waals surface area contributed by atoms with Crippen LogP contribution in [0, 0.1) is 0 Å². The van der Waals surface area contributed by atoms with Gasteiger partial charge in [-0.3, -0.25) is 9.59 Å². The molecule has 7 heteroatoms. The molecule has 0 fully saturated rings. The van der Waals surface area contributed by atoms with Crippen LogP contribution in [0.15, 0.2) is 30.3 Å². The van der Waals surface area contributed by atoms with Crippen LogP contribution in [0.25, 0.3) is 0 Å². The summed E-state index contributed by atoms with van der Waals surface area (Å²) in [7, 11) is 0. The number of aromatic nitrogens is 3. The number of nitrogens with zero attached hydrogens (tertiary/aromatic N) is 4. The molecule has 0 bridgehead atoms. The monoisotopic (exact) mass is 341 g/mol. The lowest BCUT2D eigenvalue weighted by atomic mass is 10.1. The Bertz CT molecular complexity index is 756. The van der Waals surface area contributed by atoms with Gasteiger partial charge in [0.2, 0.25) is 11.8 Å². The third-order valence-electron chi connectivity index (χ3n) is 4.37. The fourth-order valence-electron chi connectivity index (χ4n) is 3.21. The number of fused-ring (bicyclic) bond motifs is 1. The van der Waals surface area contributed by atoms with E-state index in [1.807, 2.05) is 18.2 Å². The molecule has 0 aliphatic carbocycles. The van der Waals surface area contributed by atoms with Gasteiger partial charge in [0, 0.05) is 32.9 Å². The molecular weight excluding hydrogens is 318 g/mol. The van der Waals surface area contributed by atoms with Gasteiger partial charge in [0.25, 0.3) is 0 Å². The average Bonchev–Trinajstić information content (AvgIpc) is 2.98. The van der Waals surface area contributed by atoms with Crippen molar-refractivity contribution in [3.05, 3.63) is 47.5 Å². The molecule has 3 rings (SSSR count). The zero-order valence-corrected chi connectivity index (χ0v) is 14.6. The molecule has 2 aromatic rings. The second kappa shape index (κ2) is 7.46. The minimum atomic E-state index is -0.120. The minimum Gasteiger partial charge on any atom is -0.356 e. The van der Waals surface area contributed by atoms with E-state index in [4.69, 9.17) is 0 Å².